The second kappa shape index (κ2) is 6.27. The number of aliphatic hydroxyl groups is 1. The molecule has 118 valence electrons. The maximum absolute atomic E-state index is 13.0. The first-order chi connectivity index (χ1) is 9.51. The van der Waals surface area contributed by atoms with E-state index in [4.69, 9.17) is 11.6 Å². The van der Waals surface area contributed by atoms with Crippen LogP contribution in [0.2, 0.25) is 5.02 Å². The molecule has 0 aliphatic rings. The van der Waals surface area contributed by atoms with Gasteiger partial charge in [-0.3, -0.25) is 0 Å². The molecule has 0 aliphatic carbocycles. The Labute approximate surface area is 126 Å². The molecule has 0 unspecified atom stereocenters. The van der Waals surface area contributed by atoms with Crippen molar-refractivity contribution in [3.05, 3.63) is 29.0 Å². The van der Waals surface area contributed by atoms with Crippen LogP contribution in [-0.2, 0) is 19.6 Å². The minimum absolute atomic E-state index is 0.314. The molecule has 1 atom stereocenters. The normalized spacial score (nSPS) is 13.8. The number of methoxy groups -OCH3 is 1. The number of benzene rings is 1. The number of aliphatic hydroxyl groups excluding tert-OH is 1. The average molecular weight is 340 g/mol. The van der Waals surface area contributed by atoms with Crippen molar-refractivity contribution in [2.45, 2.75) is 30.4 Å². The SMILES string of the molecule is COC(=O)[C@@H](O)C(C)(C)NS(=O)(=O)c1ccc(F)cc1Cl. The van der Waals surface area contributed by atoms with E-state index < -0.39 is 33.5 Å². The molecule has 0 saturated heterocycles. The number of halogens is 2. The fourth-order valence-electron chi connectivity index (χ4n) is 1.56. The molecule has 0 amide bonds. The molecule has 0 radical (unpaired) electrons. The van der Waals surface area contributed by atoms with Gasteiger partial charge in [0.15, 0.2) is 6.10 Å². The van der Waals surface area contributed by atoms with Crippen molar-refractivity contribution < 1.29 is 27.4 Å². The van der Waals surface area contributed by atoms with Gasteiger partial charge in [-0.05, 0) is 32.0 Å². The van der Waals surface area contributed by atoms with Crippen LogP contribution in [0, 0.1) is 5.82 Å². The van der Waals surface area contributed by atoms with Gasteiger partial charge in [0.05, 0.1) is 17.7 Å². The third kappa shape index (κ3) is 4.13. The van der Waals surface area contributed by atoms with Gasteiger partial charge >= 0.3 is 5.97 Å². The number of carbonyl (C=O) groups is 1. The summed E-state index contributed by atoms with van der Waals surface area (Å²) in [5.41, 5.74) is -1.55. The summed E-state index contributed by atoms with van der Waals surface area (Å²) in [5.74, 6) is -1.68. The molecule has 1 aromatic rings. The summed E-state index contributed by atoms with van der Waals surface area (Å²) in [7, 11) is -3.11. The van der Waals surface area contributed by atoms with Crippen LogP contribution in [0.15, 0.2) is 23.1 Å². The quantitative estimate of drug-likeness (QED) is 0.783. The molecule has 0 heterocycles. The Bertz CT molecular complexity index is 647. The van der Waals surface area contributed by atoms with Gasteiger partial charge in [-0.15, -0.1) is 0 Å². The smallest absolute Gasteiger partial charge is 0.336 e. The number of carbonyl (C=O) groups excluding carboxylic acids is 1. The zero-order valence-electron chi connectivity index (χ0n) is 11.6. The van der Waals surface area contributed by atoms with Gasteiger partial charge in [0, 0.05) is 0 Å². The summed E-state index contributed by atoms with van der Waals surface area (Å²) in [6, 6.07) is 2.77. The summed E-state index contributed by atoms with van der Waals surface area (Å²) in [6.45, 7) is 2.59. The van der Waals surface area contributed by atoms with Crippen LogP contribution in [0.5, 0.6) is 0 Å². The molecule has 21 heavy (non-hydrogen) atoms. The number of nitrogens with one attached hydrogen (secondary N) is 1. The molecule has 0 saturated carbocycles. The van der Waals surface area contributed by atoms with Gasteiger partial charge in [-0.2, -0.15) is 0 Å². The topological polar surface area (TPSA) is 92.7 Å². The Morgan fingerprint density at radius 3 is 2.52 bits per heavy atom. The van der Waals surface area contributed by atoms with E-state index >= 15 is 0 Å². The number of esters is 1. The molecule has 0 aliphatic heterocycles. The Balaban J connectivity index is 3.12. The van der Waals surface area contributed by atoms with Crippen molar-refractivity contribution >= 4 is 27.6 Å². The molecular weight excluding hydrogens is 325 g/mol. The fourth-order valence-corrected chi connectivity index (χ4v) is 3.51. The van der Waals surface area contributed by atoms with Gasteiger partial charge in [-0.1, -0.05) is 11.6 Å². The van der Waals surface area contributed by atoms with Crippen molar-refractivity contribution in [3.63, 3.8) is 0 Å². The predicted molar refractivity (Wildman–Crippen MR) is 73.8 cm³/mol. The first-order valence-corrected chi connectivity index (χ1v) is 7.62. The lowest BCUT2D eigenvalue weighted by molar-refractivity contribution is -0.153. The zero-order chi connectivity index (χ0) is 16.4. The molecule has 0 bridgehead atoms. The van der Waals surface area contributed by atoms with Gasteiger partial charge in [0.1, 0.15) is 10.7 Å². The first kappa shape index (κ1) is 17.8. The van der Waals surface area contributed by atoms with Crippen LogP contribution in [-0.4, -0.2) is 38.2 Å². The Hall–Kier alpha value is -1.22. The molecule has 6 nitrogen and oxygen atoms in total. The van der Waals surface area contributed by atoms with Crippen molar-refractivity contribution in [1.29, 1.82) is 0 Å². The van der Waals surface area contributed by atoms with E-state index in [0.717, 1.165) is 25.3 Å². The lowest BCUT2D eigenvalue weighted by Crippen LogP contribution is -2.55. The van der Waals surface area contributed by atoms with Gasteiger partial charge < -0.3 is 9.84 Å². The molecule has 0 spiro atoms. The van der Waals surface area contributed by atoms with E-state index in [-0.39, 0.29) is 9.92 Å². The molecular formula is C12H15ClFNO5S. The lowest BCUT2D eigenvalue weighted by atomic mass is 9.99. The number of ether oxygens (including phenoxy) is 1. The van der Waals surface area contributed by atoms with Crippen molar-refractivity contribution in [2.75, 3.05) is 7.11 Å². The van der Waals surface area contributed by atoms with Crippen LogP contribution in [0.4, 0.5) is 4.39 Å². The average Bonchev–Trinajstić information content (AvgIpc) is 2.35. The van der Waals surface area contributed by atoms with Crippen LogP contribution < -0.4 is 4.72 Å². The second-order valence-electron chi connectivity index (χ2n) is 4.83. The second-order valence-corrected chi connectivity index (χ2v) is 6.89. The highest BCUT2D eigenvalue weighted by molar-refractivity contribution is 7.89. The standard InChI is InChI=1S/C12H15ClFNO5S/c1-12(2,10(16)11(17)20-3)15-21(18,19)9-5-4-7(14)6-8(9)13/h4-6,10,15-16H,1-3H3/t10-/m1/s1. The maximum Gasteiger partial charge on any atom is 0.336 e. The maximum atomic E-state index is 13.0. The number of hydrogen-bond donors (Lipinski definition) is 2. The van der Waals surface area contributed by atoms with E-state index in [1.165, 1.54) is 13.8 Å². The number of hydrogen-bond acceptors (Lipinski definition) is 5. The van der Waals surface area contributed by atoms with Crippen molar-refractivity contribution in [1.82, 2.24) is 4.72 Å². The van der Waals surface area contributed by atoms with Crippen LogP contribution >= 0.6 is 11.6 Å². The Morgan fingerprint density at radius 1 is 1.48 bits per heavy atom. The number of sulfonamides is 1. The molecule has 0 fully saturated rings. The molecule has 1 aromatic carbocycles. The van der Waals surface area contributed by atoms with E-state index in [1.807, 2.05) is 0 Å². The first-order valence-electron chi connectivity index (χ1n) is 5.76. The zero-order valence-corrected chi connectivity index (χ0v) is 13.1. The third-order valence-corrected chi connectivity index (χ3v) is 4.84. The summed E-state index contributed by atoms with van der Waals surface area (Å²) in [4.78, 5) is 10.9. The largest absolute Gasteiger partial charge is 0.467 e. The van der Waals surface area contributed by atoms with Gasteiger partial charge in [0.25, 0.3) is 0 Å². The van der Waals surface area contributed by atoms with Crippen LogP contribution in [0.25, 0.3) is 0 Å². The highest BCUT2D eigenvalue weighted by atomic mass is 35.5. The fraction of sp³-hybridized carbons (Fsp3) is 0.417. The van der Waals surface area contributed by atoms with Gasteiger partial charge in [0.2, 0.25) is 10.0 Å². The monoisotopic (exact) mass is 339 g/mol. The number of rotatable bonds is 5. The van der Waals surface area contributed by atoms with Crippen molar-refractivity contribution in [2.24, 2.45) is 0 Å². The van der Waals surface area contributed by atoms with E-state index in [0.29, 0.717) is 0 Å². The highest BCUT2D eigenvalue weighted by Gasteiger charge is 2.38. The molecule has 2 N–H and O–H groups in total. The van der Waals surface area contributed by atoms with E-state index in [1.54, 1.807) is 0 Å². The summed E-state index contributed by atoms with van der Waals surface area (Å²) in [5, 5.41) is 9.46. The minimum atomic E-state index is -4.17. The highest BCUT2D eigenvalue weighted by Crippen LogP contribution is 2.24. The molecule has 1 rings (SSSR count). The predicted octanol–water partition coefficient (Wildman–Crippen LogP) is 1.07. The van der Waals surface area contributed by atoms with Gasteiger partial charge in [-0.25, -0.2) is 22.3 Å². The summed E-state index contributed by atoms with van der Waals surface area (Å²) >= 11 is 5.70. The molecule has 9 heteroatoms. The van der Waals surface area contributed by atoms with E-state index in [9.17, 15) is 22.7 Å². The van der Waals surface area contributed by atoms with Crippen LogP contribution in [0.1, 0.15) is 13.8 Å². The Kier molecular flexibility index (Phi) is 5.32. The van der Waals surface area contributed by atoms with Crippen molar-refractivity contribution in [3.8, 4) is 0 Å². The minimum Gasteiger partial charge on any atom is -0.467 e. The Morgan fingerprint density at radius 2 is 2.05 bits per heavy atom. The lowest BCUT2D eigenvalue weighted by Gasteiger charge is -2.29. The van der Waals surface area contributed by atoms with Crippen LogP contribution in [0.3, 0.4) is 0 Å². The third-order valence-electron chi connectivity index (χ3n) is 2.69. The molecule has 0 aromatic heterocycles. The summed E-state index contributed by atoms with van der Waals surface area (Å²) < 4.78 is 43.9. The van der Waals surface area contributed by atoms with E-state index in [2.05, 4.69) is 9.46 Å². The summed E-state index contributed by atoms with van der Waals surface area (Å²) in [6.07, 6.45) is -1.73.